The summed E-state index contributed by atoms with van der Waals surface area (Å²) < 4.78 is 10.7. The van der Waals surface area contributed by atoms with Crippen LogP contribution in [0.5, 0.6) is 11.5 Å². The Morgan fingerprint density at radius 2 is 1.85 bits per heavy atom. The summed E-state index contributed by atoms with van der Waals surface area (Å²) in [5.74, 6) is 1.10. The molecule has 0 saturated carbocycles. The summed E-state index contributed by atoms with van der Waals surface area (Å²) in [5, 5.41) is 2.77. The van der Waals surface area contributed by atoms with Crippen molar-refractivity contribution in [2.75, 3.05) is 25.7 Å². The van der Waals surface area contributed by atoms with Gasteiger partial charge in [0.1, 0.15) is 11.5 Å². The number of methoxy groups -OCH3 is 1. The van der Waals surface area contributed by atoms with Crippen LogP contribution in [0.3, 0.4) is 0 Å². The fourth-order valence-electron chi connectivity index (χ4n) is 2.57. The molecule has 1 heterocycles. The van der Waals surface area contributed by atoms with E-state index in [1.165, 1.54) is 4.90 Å². The third-order valence-electron chi connectivity index (χ3n) is 3.90. The molecule has 0 atom stereocenters. The SMILES string of the molecule is CCOc1ccc(/C=C2/SC(=O)N(CNc3ccccc3OC)C2=O)cc1. The highest BCUT2D eigenvalue weighted by atomic mass is 32.2. The summed E-state index contributed by atoms with van der Waals surface area (Å²) in [7, 11) is 1.57. The highest BCUT2D eigenvalue weighted by Crippen LogP contribution is 2.33. The molecule has 2 aromatic rings. The number of thioether (sulfide) groups is 1. The second-order valence-corrected chi connectivity index (χ2v) is 6.64. The monoisotopic (exact) mass is 384 g/mol. The standard InChI is InChI=1S/C20H20N2O4S/c1-3-26-15-10-8-14(9-11-15)12-18-19(23)22(20(24)27-18)13-21-16-6-4-5-7-17(16)25-2/h4-12,21H,3,13H2,1-2H3/b18-12+. The third-order valence-corrected chi connectivity index (χ3v) is 4.80. The minimum absolute atomic E-state index is 0.0751. The Balaban J connectivity index is 1.69. The number of carbonyl (C=O) groups is 2. The smallest absolute Gasteiger partial charge is 0.295 e. The minimum atomic E-state index is -0.318. The molecule has 0 aromatic heterocycles. The van der Waals surface area contributed by atoms with Gasteiger partial charge in [-0.2, -0.15) is 0 Å². The molecule has 1 aliphatic rings. The summed E-state index contributed by atoms with van der Waals surface area (Å²) in [6, 6.07) is 14.7. The highest BCUT2D eigenvalue weighted by Gasteiger charge is 2.34. The van der Waals surface area contributed by atoms with Crippen molar-refractivity contribution >= 4 is 34.7 Å². The van der Waals surface area contributed by atoms with Gasteiger partial charge in [0.25, 0.3) is 11.1 Å². The number of benzene rings is 2. The summed E-state index contributed by atoms with van der Waals surface area (Å²) in [6.45, 7) is 2.59. The zero-order valence-electron chi connectivity index (χ0n) is 15.1. The number of imide groups is 1. The summed E-state index contributed by atoms with van der Waals surface area (Å²) in [4.78, 5) is 26.4. The molecule has 7 heteroatoms. The Kier molecular flexibility index (Phi) is 6.03. The third kappa shape index (κ3) is 4.43. The van der Waals surface area contributed by atoms with Crippen LogP contribution in [0.2, 0.25) is 0 Å². The van der Waals surface area contributed by atoms with E-state index in [-0.39, 0.29) is 17.8 Å². The van der Waals surface area contributed by atoms with Gasteiger partial charge in [0.05, 0.1) is 31.0 Å². The second kappa shape index (κ2) is 8.64. The molecule has 0 bridgehead atoms. The van der Waals surface area contributed by atoms with Crippen LogP contribution in [-0.4, -0.2) is 36.4 Å². The lowest BCUT2D eigenvalue weighted by Gasteiger charge is -2.16. The summed E-state index contributed by atoms with van der Waals surface area (Å²) >= 11 is 0.932. The van der Waals surface area contributed by atoms with E-state index in [0.29, 0.717) is 17.3 Å². The van der Waals surface area contributed by atoms with Crippen LogP contribution in [0, 0.1) is 0 Å². The number of carbonyl (C=O) groups excluding carboxylic acids is 2. The van der Waals surface area contributed by atoms with E-state index >= 15 is 0 Å². The number of nitrogens with one attached hydrogen (secondary N) is 1. The largest absolute Gasteiger partial charge is 0.495 e. The normalized spacial score (nSPS) is 15.3. The molecule has 0 aliphatic carbocycles. The van der Waals surface area contributed by atoms with Crippen molar-refractivity contribution in [3.8, 4) is 11.5 Å². The second-order valence-electron chi connectivity index (χ2n) is 5.65. The predicted octanol–water partition coefficient (Wildman–Crippen LogP) is 4.20. The van der Waals surface area contributed by atoms with Gasteiger partial charge in [0, 0.05) is 0 Å². The van der Waals surface area contributed by atoms with E-state index in [4.69, 9.17) is 9.47 Å². The lowest BCUT2D eigenvalue weighted by molar-refractivity contribution is -0.122. The number of anilines is 1. The molecule has 1 fully saturated rings. The van der Waals surface area contributed by atoms with E-state index < -0.39 is 0 Å². The lowest BCUT2D eigenvalue weighted by atomic mass is 10.2. The molecular formula is C20H20N2O4S. The number of rotatable bonds is 7. The first kappa shape index (κ1) is 18.8. The molecule has 1 N–H and O–H groups in total. The lowest BCUT2D eigenvalue weighted by Crippen LogP contribution is -2.33. The first-order valence-corrected chi connectivity index (χ1v) is 9.29. The van der Waals surface area contributed by atoms with Crippen LogP contribution < -0.4 is 14.8 Å². The van der Waals surface area contributed by atoms with Gasteiger partial charge in [-0.25, -0.2) is 0 Å². The van der Waals surface area contributed by atoms with Gasteiger partial charge in [-0.15, -0.1) is 0 Å². The molecule has 0 radical (unpaired) electrons. The number of nitrogens with zero attached hydrogens (tertiary/aromatic N) is 1. The Bertz CT molecular complexity index is 865. The molecule has 3 rings (SSSR count). The quantitative estimate of drug-likeness (QED) is 0.722. The highest BCUT2D eigenvalue weighted by molar-refractivity contribution is 8.18. The Hall–Kier alpha value is -2.93. The van der Waals surface area contributed by atoms with Gasteiger partial charge >= 0.3 is 0 Å². The first-order chi connectivity index (χ1) is 13.1. The fraction of sp³-hybridized carbons (Fsp3) is 0.200. The zero-order chi connectivity index (χ0) is 19.2. The van der Waals surface area contributed by atoms with Gasteiger partial charge in [0.2, 0.25) is 0 Å². The number of ether oxygens (including phenoxy) is 2. The topological polar surface area (TPSA) is 67.9 Å². The van der Waals surface area contributed by atoms with Crippen LogP contribution in [0.15, 0.2) is 53.4 Å². The van der Waals surface area contributed by atoms with E-state index in [0.717, 1.165) is 28.8 Å². The molecule has 0 spiro atoms. The predicted molar refractivity (Wildman–Crippen MR) is 107 cm³/mol. The van der Waals surface area contributed by atoms with Gasteiger partial charge in [-0.05, 0) is 54.6 Å². The van der Waals surface area contributed by atoms with E-state index in [1.54, 1.807) is 13.2 Å². The number of hydrogen-bond acceptors (Lipinski definition) is 6. The molecule has 0 unspecified atom stereocenters. The van der Waals surface area contributed by atoms with Crippen molar-refractivity contribution in [2.24, 2.45) is 0 Å². The Morgan fingerprint density at radius 1 is 1.11 bits per heavy atom. The number of hydrogen-bond donors (Lipinski definition) is 1. The minimum Gasteiger partial charge on any atom is -0.495 e. The molecule has 140 valence electrons. The number of amides is 2. The van der Waals surface area contributed by atoms with Gasteiger partial charge in [0.15, 0.2) is 0 Å². The molecule has 1 saturated heterocycles. The first-order valence-electron chi connectivity index (χ1n) is 8.47. The Morgan fingerprint density at radius 3 is 2.56 bits per heavy atom. The van der Waals surface area contributed by atoms with E-state index in [2.05, 4.69) is 5.32 Å². The maximum Gasteiger partial charge on any atom is 0.295 e. The van der Waals surface area contributed by atoms with Gasteiger partial charge < -0.3 is 14.8 Å². The van der Waals surface area contributed by atoms with Gasteiger partial charge in [-0.3, -0.25) is 14.5 Å². The average molecular weight is 384 g/mol. The van der Waals surface area contributed by atoms with Crippen molar-refractivity contribution in [1.82, 2.24) is 4.90 Å². The van der Waals surface area contributed by atoms with Gasteiger partial charge in [-0.1, -0.05) is 24.3 Å². The van der Waals surface area contributed by atoms with E-state index in [1.807, 2.05) is 55.5 Å². The summed E-state index contributed by atoms with van der Waals surface area (Å²) in [5.41, 5.74) is 1.55. The van der Waals surface area contributed by atoms with Crippen molar-refractivity contribution in [2.45, 2.75) is 6.92 Å². The van der Waals surface area contributed by atoms with Crippen LogP contribution in [-0.2, 0) is 4.79 Å². The van der Waals surface area contributed by atoms with Crippen molar-refractivity contribution in [3.63, 3.8) is 0 Å². The van der Waals surface area contributed by atoms with Crippen molar-refractivity contribution in [1.29, 1.82) is 0 Å². The fourth-order valence-corrected chi connectivity index (χ4v) is 3.41. The maximum atomic E-state index is 12.6. The van der Waals surface area contributed by atoms with Crippen LogP contribution >= 0.6 is 11.8 Å². The van der Waals surface area contributed by atoms with Crippen molar-refractivity contribution in [3.05, 3.63) is 59.0 Å². The maximum absolute atomic E-state index is 12.6. The number of para-hydroxylation sites is 2. The van der Waals surface area contributed by atoms with Crippen LogP contribution in [0.25, 0.3) is 6.08 Å². The average Bonchev–Trinajstić information content (AvgIpc) is 2.95. The molecular weight excluding hydrogens is 364 g/mol. The zero-order valence-corrected chi connectivity index (χ0v) is 15.9. The van der Waals surface area contributed by atoms with Crippen molar-refractivity contribution < 1.29 is 19.1 Å². The summed E-state index contributed by atoms with van der Waals surface area (Å²) in [6.07, 6.45) is 1.71. The Labute approximate surface area is 162 Å². The van der Waals surface area contributed by atoms with Crippen LogP contribution in [0.4, 0.5) is 10.5 Å². The molecule has 1 aliphatic heterocycles. The van der Waals surface area contributed by atoms with Crippen LogP contribution in [0.1, 0.15) is 12.5 Å². The molecule has 2 aromatic carbocycles. The molecule has 2 amide bonds. The molecule has 6 nitrogen and oxygen atoms in total. The molecule has 27 heavy (non-hydrogen) atoms. The van der Waals surface area contributed by atoms with E-state index in [9.17, 15) is 9.59 Å².